The van der Waals surface area contributed by atoms with E-state index < -0.39 is 0 Å². The van der Waals surface area contributed by atoms with Crippen molar-refractivity contribution in [3.05, 3.63) is 23.3 Å². The van der Waals surface area contributed by atoms with Crippen molar-refractivity contribution in [2.24, 2.45) is 0 Å². The fourth-order valence-corrected chi connectivity index (χ4v) is 2.76. The van der Waals surface area contributed by atoms with Crippen LogP contribution in [0.2, 0.25) is 0 Å². The molecule has 0 radical (unpaired) electrons. The SMILES string of the molecule is COc1ccc(CCNCC(C)O)c2c1N(C)C(=O)CC2. The van der Waals surface area contributed by atoms with Crippen molar-refractivity contribution >= 4 is 11.6 Å². The third-order valence-electron chi connectivity index (χ3n) is 3.87. The lowest BCUT2D eigenvalue weighted by Gasteiger charge is -2.29. The second-order valence-corrected chi connectivity index (χ2v) is 5.51. The van der Waals surface area contributed by atoms with Gasteiger partial charge in [0.15, 0.2) is 0 Å². The van der Waals surface area contributed by atoms with Crippen LogP contribution in [0.15, 0.2) is 12.1 Å². The molecule has 5 nitrogen and oxygen atoms in total. The molecule has 5 heteroatoms. The summed E-state index contributed by atoms with van der Waals surface area (Å²) in [5, 5.41) is 12.5. The number of nitrogens with one attached hydrogen (secondary N) is 1. The highest BCUT2D eigenvalue weighted by Crippen LogP contribution is 2.38. The Balaban J connectivity index is 2.18. The van der Waals surface area contributed by atoms with E-state index in [4.69, 9.17) is 4.74 Å². The number of aliphatic hydroxyl groups is 1. The zero-order valence-electron chi connectivity index (χ0n) is 13.0. The van der Waals surface area contributed by atoms with Gasteiger partial charge in [0.2, 0.25) is 5.91 Å². The molecular formula is C16H24N2O3. The Kier molecular flexibility index (Phi) is 5.20. The number of carbonyl (C=O) groups excluding carboxylic acids is 1. The van der Waals surface area contributed by atoms with E-state index in [1.54, 1.807) is 26.0 Å². The van der Waals surface area contributed by atoms with Gasteiger partial charge in [0.1, 0.15) is 5.75 Å². The highest BCUT2D eigenvalue weighted by molar-refractivity contribution is 5.98. The monoisotopic (exact) mass is 292 g/mol. The van der Waals surface area contributed by atoms with Gasteiger partial charge >= 0.3 is 0 Å². The molecule has 0 fully saturated rings. The van der Waals surface area contributed by atoms with Crippen LogP contribution in [-0.4, -0.2) is 44.4 Å². The van der Waals surface area contributed by atoms with Crippen molar-refractivity contribution in [3.63, 3.8) is 0 Å². The van der Waals surface area contributed by atoms with Gasteiger partial charge < -0.3 is 20.1 Å². The molecule has 2 rings (SSSR count). The molecule has 1 heterocycles. The van der Waals surface area contributed by atoms with E-state index in [1.165, 1.54) is 11.1 Å². The Morgan fingerprint density at radius 1 is 1.43 bits per heavy atom. The van der Waals surface area contributed by atoms with Crippen molar-refractivity contribution < 1.29 is 14.6 Å². The minimum Gasteiger partial charge on any atom is -0.495 e. The van der Waals surface area contributed by atoms with Crippen molar-refractivity contribution in [3.8, 4) is 5.75 Å². The van der Waals surface area contributed by atoms with Crippen LogP contribution in [0.1, 0.15) is 24.5 Å². The first-order chi connectivity index (χ1) is 10.0. The molecule has 2 N–H and O–H groups in total. The molecule has 1 aliphatic heterocycles. The highest BCUT2D eigenvalue weighted by Gasteiger charge is 2.26. The molecule has 0 aromatic heterocycles. The maximum absolute atomic E-state index is 11.9. The number of fused-ring (bicyclic) bond motifs is 1. The number of hydrogen-bond acceptors (Lipinski definition) is 4. The molecule has 116 valence electrons. The third kappa shape index (κ3) is 3.54. The summed E-state index contributed by atoms with van der Waals surface area (Å²) in [5.41, 5.74) is 3.35. The van der Waals surface area contributed by atoms with Gasteiger partial charge in [-0.25, -0.2) is 0 Å². The molecule has 0 bridgehead atoms. The lowest BCUT2D eigenvalue weighted by Crippen LogP contribution is -2.32. The quantitative estimate of drug-likeness (QED) is 0.771. The molecule has 1 amide bonds. The van der Waals surface area contributed by atoms with Crippen molar-refractivity contribution in [2.45, 2.75) is 32.3 Å². The fraction of sp³-hybridized carbons (Fsp3) is 0.562. The van der Waals surface area contributed by atoms with Gasteiger partial charge in [0.25, 0.3) is 0 Å². The molecule has 0 aliphatic carbocycles. The zero-order chi connectivity index (χ0) is 15.4. The number of hydrogen-bond donors (Lipinski definition) is 2. The number of methoxy groups -OCH3 is 1. The van der Waals surface area contributed by atoms with Crippen LogP contribution < -0.4 is 15.0 Å². The Labute approximate surface area is 125 Å². The highest BCUT2D eigenvalue weighted by atomic mass is 16.5. The average Bonchev–Trinajstić information content (AvgIpc) is 2.47. The van der Waals surface area contributed by atoms with Crippen molar-refractivity contribution in [2.75, 3.05) is 32.1 Å². The Morgan fingerprint density at radius 2 is 2.19 bits per heavy atom. The Hall–Kier alpha value is -1.59. The molecule has 1 aliphatic rings. The molecular weight excluding hydrogens is 268 g/mol. The van der Waals surface area contributed by atoms with Crippen molar-refractivity contribution in [1.29, 1.82) is 0 Å². The van der Waals surface area contributed by atoms with Crippen LogP contribution in [0.5, 0.6) is 5.75 Å². The van der Waals surface area contributed by atoms with E-state index in [1.807, 2.05) is 6.07 Å². The number of benzene rings is 1. The summed E-state index contributed by atoms with van der Waals surface area (Å²) in [6.07, 6.45) is 1.85. The van der Waals surface area contributed by atoms with Gasteiger partial charge in [-0.1, -0.05) is 6.07 Å². The van der Waals surface area contributed by atoms with Crippen LogP contribution in [0.4, 0.5) is 5.69 Å². The Morgan fingerprint density at radius 3 is 2.86 bits per heavy atom. The van der Waals surface area contributed by atoms with Gasteiger partial charge in [0.05, 0.1) is 18.9 Å². The first kappa shape index (κ1) is 15.8. The van der Waals surface area contributed by atoms with Gasteiger partial charge in [0, 0.05) is 20.0 Å². The molecule has 1 aromatic rings. The van der Waals surface area contributed by atoms with E-state index in [2.05, 4.69) is 11.4 Å². The summed E-state index contributed by atoms with van der Waals surface area (Å²) in [6, 6.07) is 4.00. The van der Waals surface area contributed by atoms with Crippen LogP contribution in [0.3, 0.4) is 0 Å². The maximum Gasteiger partial charge on any atom is 0.227 e. The van der Waals surface area contributed by atoms with Crippen LogP contribution >= 0.6 is 0 Å². The standard InChI is InChI=1S/C16H24N2O3/c1-11(19)10-17-9-8-12-4-6-14(21-3)16-13(12)5-7-15(20)18(16)2/h4,6,11,17,19H,5,7-10H2,1-3H3. The van der Waals surface area contributed by atoms with E-state index in [9.17, 15) is 9.90 Å². The van der Waals surface area contributed by atoms with Gasteiger partial charge in [-0.3, -0.25) is 4.79 Å². The summed E-state index contributed by atoms with van der Waals surface area (Å²) in [7, 11) is 3.44. The molecule has 0 saturated carbocycles. The summed E-state index contributed by atoms with van der Waals surface area (Å²) >= 11 is 0. The molecule has 0 saturated heterocycles. The summed E-state index contributed by atoms with van der Waals surface area (Å²) in [6.45, 7) is 3.17. The minimum atomic E-state index is -0.335. The molecule has 21 heavy (non-hydrogen) atoms. The predicted molar refractivity (Wildman–Crippen MR) is 83.0 cm³/mol. The smallest absolute Gasteiger partial charge is 0.227 e. The Bertz CT molecular complexity index is 514. The van der Waals surface area contributed by atoms with Crippen LogP contribution in [0.25, 0.3) is 0 Å². The minimum absolute atomic E-state index is 0.130. The topological polar surface area (TPSA) is 61.8 Å². The normalized spacial score (nSPS) is 15.8. The summed E-state index contributed by atoms with van der Waals surface area (Å²) in [4.78, 5) is 13.6. The van der Waals surface area contributed by atoms with Gasteiger partial charge in [-0.15, -0.1) is 0 Å². The van der Waals surface area contributed by atoms with Gasteiger partial charge in [-0.2, -0.15) is 0 Å². The number of rotatable bonds is 6. The number of carbonyl (C=O) groups is 1. The first-order valence-electron chi connectivity index (χ1n) is 7.38. The largest absolute Gasteiger partial charge is 0.495 e. The third-order valence-corrected chi connectivity index (χ3v) is 3.87. The van der Waals surface area contributed by atoms with Crippen molar-refractivity contribution in [1.82, 2.24) is 5.32 Å². The van der Waals surface area contributed by atoms with E-state index in [0.717, 1.165) is 30.8 Å². The number of anilines is 1. The van der Waals surface area contributed by atoms with Crippen LogP contribution in [-0.2, 0) is 17.6 Å². The molecule has 1 unspecified atom stereocenters. The number of ether oxygens (including phenoxy) is 1. The molecule has 0 spiro atoms. The molecule has 1 atom stereocenters. The van der Waals surface area contributed by atoms with Gasteiger partial charge in [-0.05, 0) is 43.5 Å². The molecule has 1 aromatic carbocycles. The maximum atomic E-state index is 11.9. The average molecular weight is 292 g/mol. The zero-order valence-corrected chi connectivity index (χ0v) is 13.0. The summed E-state index contributed by atoms with van der Waals surface area (Å²) < 4.78 is 5.40. The van der Waals surface area contributed by atoms with E-state index in [-0.39, 0.29) is 12.0 Å². The summed E-state index contributed by atoms with van der Waals surface area (Å²) in [5.74, 6) is 0.881. The second-order valence-electron chi connectivity index (χ2n) is 5.51. The number of nitrogens with zero attached hydrogens (tertiary/aromatic N) is 1. The van der Waals surface area contributed by atoms with E-state index in [0.29, 0.717) is 13.0 Å². The van der Waals surface area contributed by atoms with E-state index >= 15 is 0 Å². The predicted octanol–water partition coefficient (Wildman–Crippen LogP) is 1.12. The second kappa shape index (κ2) is 6.91. The first-order valence-corrected chi connectivity index (χ1v) is 7.38. The lowest BCUT2D eigenvalue weighted by molar-refractivity contribution is -0.118. The fourth-order valence-electron chi connectivity index (χ4n) is 2.76. The lowest BCUT2D eigenvalue weighted by atomic mass is 9.94. The number of aliphatic hydroxyl groups excluding tert-OH is 1. The van der Waals surface area contributed by atoms with Crippen LogP contribution in [0, 0.1) is 0 Å². The number of amides is 1.